The molecule has 0 N–H and O–H groups in total. The minimum atomic E-state index is -0.142. The fourth-order valence-electron chi connectivity index (χ4n) is 1.66. The average Bonchev–Trinajstić information content (AvgIpc) is 2.44. The molecule has 0 amide bonds. The van der Waals surface area contributed by atoms with E-state index in [1.54, 1.807) is 0 Å². The summed E-state index contributed by atoms with van der Waals surface area (Å²) in [6, 6.07) is 0. The third-order valence-corrected chi connectivity index (χ3v) is 2.87. The fourth-order valence-corrected chi connectivity index (χ4v) is 1.66. The van der Waals surface area contributed by atoms with E-state index < -0.39 is 0 Å². The van der Waals surface area contributed by atoms with Crippen LogP contribution in [0.15, 0.2) is 23.3 Å². The molecule has 1 aliphatic rings. The minimum absolute atomic E-state index is 0.142. The number of ether oxygens (including phenoxy) is 2. The van der Waals surface area contributed by atoms with Gasteiger partial charge in [-0.05, 0) is 53.5 Å². The fraction of sp³-hybridized carbons (Fsp3) is 0.714. The zero-order valence-corrected chi connectivity index (χ0v) is 11.1. The molecule has 3 atom stereocenters. The first-order valence-corrected chi connectivity index (χ1v) is 6.10. The van der Waals surface area contributed by atoms with E-state index in [0.29, 0.717) is 0 Å². The van der Waals surface area contributed by atoms with Crippen molar-refractivity contribution < 1.29 is 9.47 Å². The second kappa shape index (κ2) is 6.21. The van der Waals surface area contributed by atoms with Gasteiger partial charge in [0.1, 0.15) is 0 Å². The Balaban J connectivity index is 2.36. The summed E-state index contributed by atoms with van der Waals surface area (Å²) >= 11 is 0. The highest BCUT2D eigenvalue weighted by atomic mass is 16.7. The second-order valence-corrected chi connectivity index (χ2v) is 4.88. The maximum absolute atomic E-state index is 5.66. The van der Waals surface area contributed by atoms with Crippen LogP contribution in [0, 0.1) is 0 Å². The maximum Gasteiger partial charge on any atom is 0.177 e. The van der Waals surface area contributed by atoms with Crippen LogP contribution in [0.5, 0.6) is 0 Å². The summed E-state index contributed by atoms with van der Waals surface area (Å²) in [5.41, 5.74) is 2.72. The lowest BCUT2D eigenvalue weighted by Crippen LogP contribution is -2.13. The maximum atomic E-state index is 5.66. The van der Waals surface area contributed by atoms with Gasteiger partial charge in [0.05, 0.1) is 12.2 Å². The van der Waals surface area contributed by atoms with Gasteiger partial charge in [0.15, 0.2) is 6.29 Å². The highest BCUT2D eigenvalue weighted by Gasteiger charge is 2.27. The minimum Gasteiger partial charge on any atom is -0.343 e. The molecule has 2 nitrogen and oxygen atoms in total. The highest BCUT2D eigenvalue weighted by molar-refractivity contribution is 5.04. The Kier molecular flexibility index (Phi) is 5.23. The molecule has 1 rings (SSSR count). The third kappa shape index (κ3) is 4.50. The first kappa shape index (κ1) is 13.5. The Morgan fingerprint density at radius 2 is 1.62 bits per heavy atom. The van der Waals surface area contributed by atoms with Gasteiger partial charge in [0, 0.05) is 0 Å². The molecule has 0 aromatic carbocycles. The van der Waals surface area contributed by atoms with E-state index in [-0.39, 0.29) is 18.5 Å². The zero-order valence-electron chi connectivity index (χ0n) is 11.1. The van der Waals surface area contributed by atoms with Crippen molar-refractivity contribution in [2.75, 3.05) is 0 Å². The van der Waals surface area contributed by atoms with E-state index in [0.717, 1.165) is 12.8 Å². The van der Waals surface area contributed by atoms with Gasteiger partial charge in [-0.1, -0.05) is 17.2 Å². The molecule has 0 aliphatic carbocycles. The molecule has 16 heavy (non-hydrogen) atoms. The molecule has 92 valence electrons. The van der Waals surface area contributed by atoms with Gasteiger partial charge in [-0.25, -0.2) is 0 Å². The number of allylic oxidation sites excluding steroid dienone is 3. The molecule has 1 saturated heterocycles. The molecule has 1 heterocycles. The molecule has 0 spiro atoms. The Morgan fingerprint density at radius 1 is 1.06 bits per heavy atom. The molecule has 1 unspecified atom stereocenters. The van der Waals surface area contributed by atoms with Gasteiger partial charge in [-0.2, -0.15) is 0 Å². The summed E-state index contributed by atoms with van der Waals surface area (Å²) < 4.78 is 11.3. The number of hydrogen-bond acceptors (Lipinski definition) is 2. The van der Waals surface area contributed by atoms with Crippen LogP contribution in [0.3, 0.4) is 0 Å². The van der Waals surface area contributed by atoms with Crippen LogP contribution < -0.4 is 0 Å². The Labute approximate surface area is 99.3 Å². The molecule has 1 fully saturated rings. The van der Waals surface area contributed by atoms with Crippen LogP contribution in [0.4, 0.5) is 0 Å². The predicted octanol–water partition coefficient (Wildman–Crippen LogP) is 3.83. The molecular weight excluding hydrogens is 200 g/mol. The average molecular weight is 224 g/mol. The number of rotatable bonds is 4. The van der Waals surface area contributed by atoms with Crippen LogP contribution in [-0.2, 0) is 9.47 Å². The lowest BCUT2D eigenvalue weighted by Gasteiger charge is -2.06. The summed E-state index contributed by atoms with van der Waals surface area (Å²) in [5, 5.41) is 0. The van der Waals surface area contributed by atoms with E-state index in [4.69, 9.17) is 9.47 Å². The van der Waals surface area contributed by atoms with Gasteiger partial charge in [-0.15, -0.1) is 0 Å². The molecule has 0 radical (unpaired) electrons. The standard InChI is InChI=1S/C14H24O2/c1-10(2)7-6-8-11(3)9-14-15-12(4)13(5)16-14/h7,9,12-14H,6,8H2,1-5H3/b11-9+/t12-,13+,14?. The van der Waals surface area contributed by atoms with E-state index in [9.17, 15) is 0 Å². The summed E-state index contributed by atoms with van der Waals surface area (Å²) in [6.45, 7) is 10.5. The van der Waals surface area contributed by atoms with Crippen molar-refractivity contribution in [1.82, 2.24) is 0 Å². The van der Waals surface area contributed by atoms with E-state index in [2.05, 4.69) is 46.8 Å². The van der Waals surface area contributed by atoms with Crippen molar-refractivity contribution in [3.05, 3.63) is 23.3 Å². The highest BCUT2D eigenvalue weighted by Crippen LogP contribution is 2.21. The van der Waals surface area contributed by atoms with Crippen LogP contribution >= 0.6 is 0 Å². The van der Waals surface area contributed by atoms with E-state index in [1.807, 2.05) is 0 Å². The van der Waals surface area contributed by atoms with Crippen molar-refractivity contribution in [3.63, 3.8) is 0 Å². The molecule has 0 aromatic rings. The quantitative estimate of drug-likeness (QED) is 0.676. The van der Waals surface area contributed by atoms with Crippen LogP contribution in [0.2, 0.25) is 0 Å². The summed E-state index contributed by atoms with van der Waals surface area (Å²) in [6.07, 6.45) is 6.80. The monoisotopic (exact) mass is 224 g/mol. The normalized spacial score (nSPS) is 30.6. The van der Waals surface area contributed by atoms with Crippen LogP contribution in [0.1, 0.15) is 47.5 Å². The van der Waals surface area contributed by atoms with Crippen molar-refractivity contribution in [3.8, 4) is 0 Å². The lowest BCUT2D eigenvalue weighted by molar-refractivity contribution is -0.0249. The van der Waals surface area contributed by atoms with Crippen molar-refractivity contribution in [1.29, 1.82) is 0 Å². The lowest BCUT2D eigenvalue weighted by atomic mass is 10.1. The topological polar surface area (TPSA) is 18.5 Å². The first-order valence-electron chi connectivity index (χ1n) is 6.10. The van der Waals surface area contributed by atoms with Crippen LogP contribution in [0.25, 0.3) is 0 Å². The molecule has 1 aliphatic heterocycles. The van der Waals surface area contributed by atoms with E-state index >= 15 is 0 Å². The summed E-state index contributed by atoms with van der Waals surface area (Å²) in [4.78, 5) is 0. The van der Waals surface area contributed by atoms with Crippen molar-refractivity contribution in [2.24, 2.45) is 0 Å². The molecule has 0 aromatic heterocycles. The Bertz CT molecular complexity index is 264. The van der Waals surface area contributed by atoms with Gasteiger partial charge in [-0.3, -0.25) is 0 Å². The van der Waals surface area contributed by atoms with E-state index in [1.165, 1.54) is 11.1 Å². The second-order valence-electron chi connectivity index (χ2n) is 4.88. The Morgan fingerprint density at radius 3 is 2.12 bits per heavy atom. The Hall–Kier alpha value is -0.600. The van der Waals surface area contributed by atoms with Gasteiger partial charge in [0.25, 0.3) is 0 Å². The molecule has 0 bridgehead atoms. The predicted molar refractivity (Wildman–Crippen MR) is 67.3 cm³/mol. The van der Waals surface area contributed by atoms with Gasteiger partial charge >= 0.3 is 0 Å². The number of hydrogen-bond donors (Lipinski definition) is 0. The van der Waals surface area contributed by atoms with Crippen molar-refractivity contribution in [2.45, 2.75) is 66.0 Å². The first-order chi connectivity index (χ1) is 7.49. The third-order valence-electron chi connectivity index (χ3n) is 2.87. The largest absolute Gasteiger partial charge is 0.343 e. The van der Waals surface area contributed by atoms with Crippen molar-refractivity contribution >= 4 is 0 Å². The molecular formula is C14H24O2. The van der Waals surface area contributed by atoms with Crippen LogP contribution in [-0.4, -0.2) is 18.5 Å². The SMILES string of the molecule is CC(C)=CCC/C(C)=C/C1O[C@@H](C)[C@@H](C)O1. The molecule has 2 heteroatoms. The summed E-state index contributed by atoms with van der Waals surface area (Å²) in [7, 11) is 0. The summed E-state index contributed by atoms with van der Waals surface area (Å²) in [5.74, 6) is 0. The van der Waals surface area contributed by atoms with Gasteiger partial charge in [0.2, 0.25) is 0 Å². The van der Waals surface area contributed by atoms with Gasteiger partial charge < -0.3 is 9.47 Å². The zero-order chi connectivity index (χ0) is 12.1. The smallest absolute Gasteiger partial charge is 0.177 e. The molecule has 0 saturated carbocycles.